The largest absolute Gasteiger partial charge is 0.481 e. The molecule has 1 amide bonds. The Morgan fingerprint density at radius 2 is 1.76 bits per heavy atom. The summed E-state index contributed by atoms with van der Waals surface area (Å²) >= 11 is 3.37. The predicted octanol–water partition coefficient (Wildman–Crippen LogP) is 3.29. The first-order valence-electron chi connectivity index (χ1n) is 6.92. The molecule has 5 heteroatoms. The number of nitrogens with one attached hydrogen (secondary N) is 1. The van der Waals surface area contributed by atoms with Crippen molar-refractivity contribution < 1.29 is 14.7 Å². The van der Waals surface area contributed by atoms with Crippen LogP contribution in [0.3, 0.4) is 0 Å². The van der Waals surface area contributed by atoms with Gasteiger partial charge in [0.1, 0.15) is 0 Å². The van der Waals surface area contributed by atoms with E-state index >= 15 is 0 Å². The lowest BCUT2D eigenvalue weighted by molar-refractivity contribution is -0.147. The summed E-state index contributed by atoms with van der Waals surface area (Å²) in [6.45, 7) is 1.90. The summed E-state index contributed by atoms with van der Waals surface area (Å²) in [4.78, 5) is 23.6. The number of carbonyl (C=O) groups is 2. The smallest absolute Gasteiger partial charge is 0.307 e. The van der Waals surface area contributed by atoms with Crippen molar-refractivity contribution in [2.75, 3.05) is 0 Å². The Hall–Kier alpha value is -1.62. The number of carbonyl (C=O) groups excluding carboxylic acids is 1. The predicted molar refractivity (Wildman–Crippen MR) is 83.7 cm³/mol. The second kappa shape index (κ2) is 6.89. The first-order chi connectivity index (χ1) is 9.99. The Morgan fingerprint density at radius 1 is 1.19 bits per heavy atom. The van der Waals surface area contributed by atoms with Gasteiger partial charge in [0.05, 0.1) is 17.9 Å². The Balaban J connectivity index is 2.04. The Kier molecular flexibility index (Phi) is 5.17. The molecule has 2 N–H and O–H groups in total. The van der Waals surface area contributed by atoms with Gasteiger partial charge in [-0.25, -0.2) is 0 Å². The normalized spacial score (nSPS) is 22.6. The fourth-order valence-corrected chi connectivity index (χ4v) is 2.80. The molecule has 1 aliphatic carbocycles. The molecule has 1 aromatic rings. The number of benzene rings is 1. The monoisotopic (exact) mass is 351 g/mol. The molecule has 0 aromatic heterocycles. The van der Waals surface area contributed by atoms with Crippen molar-refractivity contribution >= 4 is 27.8 Å². The van der Waals surface area contributed by atoms with Crippen LogP contribution in [0.2, 0.25) is 0 Å². The van der Waals surface area contributed by atoms with Gasteiger partial charge < -0.3 is 10.4 Å². The zero-order valence-electron chi connectivity index (χ0n) is 11.8. The first kappa shape index (κ1) is 15.8. The van der Waals surface area contributed by atoms with Crippen LogP contribution < -0.4 is 5.32 Å². The standard InChI is InChI=1S/C16H18BrNO3/c1-10(11-6-8-12(17)9-7-11)18-15(19)13-4-2-3-5-14(13)16(20)21/h2-3,6-10,13-14H,4-5H2,1H3,(H,18,19)(H,20,21)/t10-,13-,14+/m0/s1. The molecule has 0 unspecified atom stereocenters. The van der Waals surface area contributed by atoms with Crippen molar-refractivity contribution in [3.8, 4) is 0 Å². The van der Waals surface area contributed by atoms with Gasteiger partial charge in [-0.2, -0.15) is 0 Å². The molecular formula is C16H18BrNO3. The maximum atomic E-state index is 12.3. The van der Waals surface area contributed by atoms with Gasteiger partial charge in [0.25, 0.3) is 0 Å². The van der Waals surface area contributed by atoms with Gasteiger partial charge >= 0.3 is 5.97 Å². The lowest BCUT2D eigenvalue weighted by Gasteiger charge is -2.26. The zero-order chi connectivity index (χ0) is 15.4. The highest BCUT2D eigenvalue weighted by atomic mass is 79.9. The third-order valence-electron chi connectivity index (χ3n) is 3.82. The fraction of sp³-hybridized carbons (Fsp3) is 0.375. The number of hydrogen-bond acceptors (Lipinski definition) is 2. The number of aliphatic carboxylic acids is 1. The van der Waals surface area contributed by atoms with Gasteiger partial charge in [-0.05, 0) is 37.5 Å². The minimum atomic E-state index is -0.907. The van der Waals surface area contributed by atoms with Crippen LogP contribution >= 0.6 is 15.9 Å². The molecule has 0 fully saturated rings. The second-order valence-corrected chi connectivity index (χ2v) is 6.19. The van der Waals surface area contributed by atoms with E-state index in [0.29, 0.717) is 12.8 Å². The fourth-order valence-electron chi connectivity index (χ4n) is 2.53. The van der Waals surface area contributed by atoms with E-state index in [1.165, 1.54) is 0 Å². The lowest BCUT2D eigenvalue weighted by Crippen LogP contribution is -2.39. The summed E-state index contributed by atoms with van der Waals surface area (Å²) < 4.78 is 0.980. The average Bonchev–Trinajstić information content (AvgIpc) is 2.47. The Labute approximate surface area is 132 Å². The second-order valence-electron chi connectivity index (χ2n) is 5.28. The summed E-state index contributed by atoms with van der Waals surface area (Å²) in [5, 5.41) is 12.1. The van der Waals surface area contributed by atoms with E-state index in [1.54, 1.807) is 0 Å². The van der Waals surface area contributed by atoms with E-state index in [9.17, 15) is 14.7 Å². The molecule has 0 saturated heterocycles. The van der Waals surface area contributed by atoms with E-state index in [0.717, 1.165) is 10.0 Å². The van der Waals surface area contributed by atoms with Crippen molar-refractivity contribution in [2.45, 2.75) is 25.8 Å². The number of allylic oxidation sites excluding steroid dienone is 2. The molecule has 0 aliphatic heterocycles. The number of amides is 1. The van der Waals surface area contributed by atoms with E-state index < -0.39 is 17.8 Å². The molecule has 0 saturated carbocycles. The van der Waals surface area contributed by atoms with Gasteiger partial charge in [0, 0.05) is 4.47 Å². The van der Waals surface area contributed by atoms with E-state index in [-0.39, 0.29) is 11.9 Å². The highest BCUT2D eigenvalue weighted by Crippen LogP contribution is 2.27. The highest BCUT2D eigenvalue weighted by molar-refractivity contribution is 9.10. The maximum absolute atomic E-state index is 12.3. The van der Waals surface area contributed by atoms with Gasteiger partial charge in [0.15, 0.2) is 0 Å². The minimum Gasteiger partial charge on any atom is -0.481 e. The van der Waals surface area contributed by atoms with Crippen LogP contribution in [0.1, 0.15) is 31.4 Å². The van der Waals surface area contributed by atoms with Gasteiger partial charge in [-0.1, -0.05) is 40.2 Å². The van der Waals surface area contributed by atoms with Crippen LogP contribution in [-0.2, 0) is 9.59 Å². The molecule has 112 valence electrons. The lowest BCUT2D eigenvalue weighted by atomic mass is 9.82. The van der Waals surface area contributed by atoms with Crippen LogP contribution in [0.15, 0.2) is 40.9 Å². The molecule has 1 aromatic carbocycles. The van der Waals surface area contributed by atoms with Crippen LogP contribution in [0.4, 0.5) is 0 Å². The summed E-state index contributed by atoms with van der Waals surface area (Å²) in [5.41, 5.74) is 0.991. The van der Waals surface area contributed by atoms with Crippen LogP contribution in [0, 0.1) is 11.8 Å². The van der Waals surface area contributed by atoms with Crippen LogP contribution in [0.25, 0.3) is 0 Å². The Bertz CT molecular complexity index is 553. The first-order valence-corrected chi connectivity index (χ1v) is 7.72. The molecule has 21 heavy (non-hydrogen) atoms. The summed E-state index contributed by atoms with van der Waals surface area (Å²) in [7, 11) is 0. The molecule has 0 heterocycles. The molecule has 4 nitrogen and oxygen atoms in total. The SMILES string of the molecule is C[C@H](NC(=O)[C@H]1CC=CC[C@H]1C(=O)O)c1ccc(Br)cc1. The van der Waals surface area contributed by atoms with E-state index in [2.05, 4.69) is 21.2 Å². The summed E-state index contributed by atoms with van der Waals surface area (Å²) in [6.07, 6.45) is 4.62. The van der Waals surface area contributed by atoms with Gasteiger partial charge in [0.2, 0.25) is 5.91 Å². The molecule has 0 radical (unpaired) electrons. The Morgan fingerprint density at radius 3 is 2.33 bits per heavy atom. The van der Waals surface area contributed by atoms with Crippen molar-refractivity contribution in [1.82, 2.24) is 5.32 Å². The van der Waals surface area contributed by atoms with Gasteiger partial charge in [-0.3, -0.25) is 9.59 Å². The van der Waals surface area contributed by atoms with Crippen molar-refractivity contribution in [3.63, 3.8) is 0 Å². The zero-order valence-corrected chi connectivity index (χ0v) is 13.3. The maximum Gasteiger partial charge on any atom is 0.307 e. The third kappa shape index (κ3) is 3.94. The van der Waals surface area contributed by atoms with E-state index in [4.69, 9.17) is 0 Å². The summed E-state index contributed by atoms with van der Waals surface area (Å²) in [5.74, 6) is -2.23. The number of carboxylic acid groups (broad SMARTS) is 1. The number of rotatable bonds is 4. The molecule has 3 atom stereocenters. The topological polar surface area (TPSA) is 66.4 Å². The van der Waals surface area contributed by atoms with Gasteiger partial charge in [-0.15, -0.1) is 0 Å². The van der Waals surface area contributed by atoms with Crippen LogP contribution in [0.5, 0.6) is 0 Å². The average molecular weight is 352 g/mol. The number of hydrogen-bond donors (Lipinski definition) is 2. The molecule has 0 bridgehead atoms. The van der Waals surface area contributed by atoms with Crippen molar-refractivity contribution in [3.05, 3.63) is 46.5 Å². The minimum absolute atomic E-state index is 0.147. The molecule has 0 spiro atoms. The van der Waals surface area contributed by atoms with E-state index in [1.807, 2.05) is 43.3 Å². The van der Waals surface area contributed by atoms with Crippen molar-refractivity contribution in [1.29, 1.82) is 0 Å². The third-order valence-corrected chi connectivity index (χ3v) is 4.34. The van der Waals surface area contributed by atoms with Crippen LogP contribution in [-0.4, -0.2) is 17.0 Å². The number of carboxylic acids is 1. The molecule has 2 rings (SSSR count). The molecule has 1 aliphatic rings. The number of halogens is 1. The van der Waals surface area contributed by atoms with Crippen molar-refractivity contribution in [2.24, 2.45) is 11.8 Å². The summed E-state index contributed by atoms with van der Waals surface area (Å²) in [6, 6.07) is 7.56. The highest BCUT2D eigenvalue weighted by Gasteiger charge is 2.34. The quantitative estimate of drug-likeness (QED) is 0.818. The molecular weight excluding hydrogens is 334 g/mol.